The van der Waals surface area contributed by atoms with Gasteiger partial charge in [0.2, 0.25) is 12.2 Å². The van der Waals surface area contributed by atoms with E-state index in [9.17, 15) is 57.4 Å². The van der Waals surface area contributed by atoms with Gasteiger partial charge in [-0.05, 0) is 45.7 Å². The molecule has 20 nitrogen and oxygen atoms in total. The fraction of sp³-hybridized carbons (Fsp3) is 0.629. The van der Waals surface area contributed by atoms with Crippen molar-refractivity contribution in [1.82, 2.24) is 15.5 Å². The molecule has 7 N–H and O–H groups in total. The quantitative estimate of drug-likeness (QED) is 0.0298. The molecule has 0 saturated carbocycles. The minimum Gasteiger partial charge on any atom is -0.491 e. The summed E-state index contributed by atoms with van der Waals surface area (Å²) in [6.45, 7) is 5.42. The second kappa shape index (κ2) is 21.3. The molecule has 3 rings (SSSR count). The molecule has 21 heteroatoms. The monoisotopic (exact) mass is 817 g/mol. The van der Waals surface area contributed by atoms with Crippen LogP contribution in [-0.4, -0.2) is 150 Å². The van der Waals surface area contributed by atoms with E-state index in [-0.39, 0.29) is 81.4 Å². The Morgan fingerprint density at radius 3 is 2.30 bits per heavy atom. The number of hydrogen-bond acceptors (Lipinski definition) is 16. The van der Waals surface area contributed by atoms with Gasteiger partial charge in [-0.3, -0.25) is 28.6 Å². The van der Waals surface area contributed by atoms with E-state index >= 15 is 0 Å². The predicted molar refractivity (Wildman–Crippen MR) is 192 cm³/mol. The van der Waals surface area contributed by atoms with Crippen LogP contribution in [0.15, 0.2) is 30.4 Å². The van der Waals surface area contributed by atoms with Crippen LogP contribution < -0.4 is 20.1 Å². The molecule has 2 aliphatic heterocycles. The summed E-state index contributed by atoms with van der Waals surface area (Å²) in [6, 6.07) is 3.46. The van der Waals surface area contributed by atoms with Crippen molar-refractivity contribution in [3.05, 3.63) is 35.9 Å². The van der Waals surface area contributed by atoms with E-state index in [0.29, 0.717) is 19.3 Å². The van der Waals surface area contributed by atoms with E-state index in [1.807, 2.05) is 0 Å². The van der Waals surface area contributed by atoms with Crippen LogP contribution in [0.2, 0.25) is 0 Å². The van der Waals surface area contributed by atoms with Crippen LogP contribution in [-0.2, 0) is 54.9 Å². The lowest BCUT2D eigenvalue weighted by molar-refractivity contribution is -0.271. The number of imide groups is 1. The van der Waals surface area contributed by atoms with E-state index in [1.165, 1.54) is 30.4 Å². The SMILES string of the molecule is CC(C)(C)C(=O)OCc1ccc(OCCOCCNC[C@@H](CS(=O)(=O)O)NC(=O)CCCCCN2C(=O)C=CC2=O)cc1O[C@@H]1O[C@H](C(=O)O)[C@@H](O)[C@H](O)[C@H]1O. The van der Waals surface area contributed by atoms with Crippen LogP contribution in [0.1, 0.15) is 52.0 Å². The third-order valence-corrected chi connectivity index (χ3v) is 9.16. The number of carboxylic acid groups (broad SMARTS) is 1. The van der Waals surface area contributed by atoms with Gasteiger partial charge in [0.05, 0.1) is 30.4 Å². The number of rotatable bonds is 23. The normalized spacial score (nSPS) is 21.8. The molecule has 1 aromatic carbocycles. The number of hydrogen-bond donors (Lipinski definition) is 7. The van der Waals surface area contributed by atoms with Gasteiger partial charge in [0.25, 0.3) is 21.9 Å². The molecule has 6 atom stereocenters. The lowest BCUT2D eigenvalue weighted by Crippen LogP contribution is -2.61. The van der Waals surface area contributed by atoms with Gasteiger partial charge in [-0.2, -0.15) is 8.42 Å². The van der Waals surface area contributed by atoms with Crippen molar-refractivity contribution in [2.45, 2.75) is 89.8 Å². The maximum Gasteiger partial charge on any atom is 0.335 e. The van der Waals surface area contributed by atoms with Crippen LogP contribution in [0.25, 0.3) is 0 Å². The Hall–Kier alpha value is -4.22. The van der Waals surface area contributed by atoms with Crippen molar-refractivity contribution in [2.75, 3.05) is 45.2 Å². The summed E-state index contributed by atoms with van der Waals surface area (Å²) in [5, 5.41) is 45.6. The fourth-order valence-electron chi connectivity index (χ4n) is 5.32. The number of nitrogens with zero attached hydrogens (tertiary/aromatic N) is 1. The molecule has 0 unspecified atom stereocenters. The minimum absolute atomic E-state index is 0.000365. The van der Waals surface area contributed by atoms with Gasteiger partial charge in [-0.25, -0.2) is 4.79 Å². The number of unbranched alkanes of at least 4 members (excludes halogenated alkanes) is 2. The summed E-state index contributed by atoms with van der Waals surface area (Å²) in [5.74, 6) is -3.84. The van der Waals surface area contributed by atoms with Gasteiger partial charge >= 0.3 is 11.9 Å². The van der Waals surface area contributed by atoms with Crippen LogP contribution in [0.5, 0.6) is 11.5 Å². The number of carbonyl (C=O) groups is 5. The topological polar surface area (TPSA) is 294 Å². The molecule has 0 radical (unpaired) electrons. The van der Waals surface area contributed by atoms with Crippen molar-refractivity contribution >= 4 is 39.8 Å². The summed E-state index contributed by atoms with van der Waals surface area (Å²) in [4.78, 5) is 60.7. The smallest absolute Gasteiger partial charge is 0.335 e. The van der Waals surface area contributed by atoms with Gasteiger partial charge in [0, 0.05) is 49.8 Å². The first-order chi connectivity index (χ1) is 26.3. The molecule has 0 aliphatic carbocycles. The molecule has 0 spiro atoms. The number of aliphatic hydroxyl groups excluding tert-OH is 3. The van der Waals surface area contributed by atoms with Crippen molar-refractivity contribution in [2.24, 2.45) is 5.41 Å². The highest BCUT2D eigenvalue weighted by atomic mass is 32.2. The summed E-state index contributed by atoms with van der Waals surface area (Å²) < 4.78 is 60.0. The molecule has 56 heavy (non-hydrogen) atoms. The molecule has 1 saturated heterocycles. The fourth-order valence-corrected chi connectivity index (χ4v) is 6.03. The van der Waals surface area contributed by atoms with Gasteiger partial charge < -0.3 is 54.7 Å². The maximum absolute atomic E-state index is 12.4. The van der Waals surface area contributed by atoms with Crippen LogP contribution in [0.4, 0.5) is 0 Å². The molecular weight excluding hydrogens is 766 g/mol. The van der Waals surface area contributed by atoms with E-state index in [1.54, 1.807) is 20.8 Å². The Kier molecular flexibility index (Phi) is 17.6. The number of carboxylic acids is 1. The number of aliphatic hydroxyl groups is 3. The van der Waals surface area contributed by atoms with Crippen molar-refractivity contribution in [3.8, 4) is 11.5 Å². The Bertz CT molecular complexity index is 1650. The average Bonchev–Trinajstić information content (AvgIpc) is 3.43. The highest BCUT2D eigenvalue weighted by molar-refractivity contribution is 7.85. The van der Waals surface area contributed by atoms with Gasteiger partial charge in [-0.1, -0.05) is 6.42 Å². The molecular formula is C35H51N3O17S. The molecule has 2 aliphatic rings. The number of benzene rings is 1. The summed E-state index contributed by atoms with van der Waals surface area (Å²) in [5.41, 5.74) is -0.538. The molecule has 0 bridgehead atoms. The second-order valence-corrected chi connectivity index (χ2v) is 15.6. The Labute approximate surface area is 323 Å². The van der Waals surface area contributed by atoms with Gasteiger partial charge in [-0.15, -0.1) is 0 Å². The van der Waals surface area contributed by atoms with Crippen molar-refractivity contribution < 1.29 is 81.1 Å². The predicted octanol–water partition coefficient (Wildman–Crippen LogP) is -1.11. The minimum atomic E-state index is -4.41. The molecule has 3 amide bonds. The van der Waals surface area contributed by atoms with Gasteiger partial charge in [0.15, 0.2) is 6.10 Å². The van der Waals surface area contributed by atoms with Crippen molar-refractivity contribution in [1.29, 1.82) is 0 Å². The highest BCUT2D eigenvalue weighted by Gasteiger charge is 2.48. The first-order valence-corrected chi connectivity index (χ1v) is 19.5. The number of esters is 1. The summed E-state index contributed by atoms with van der Waals surface area (Å²) in [6.07, 6.45) is -5.40. The maximum atomic E-state index is 12.4. The largest absolute Gasteiger partial charge is 0.491 e. The third-order valence-electron chi connectivity index (χ3n) is 8.34. The Morgan fingerprint density at radius 2 is 1.66 bits per heavy atom. The number of ether oxygens (including phenoxy) is 5. The second-order valence-electron chi connectivity index (χ2n) is 14.1. The molecule has 0 aromatic heterocycles. The highest BCUT2D eigenvalue weighted by Crippen LogP contribution is 2.31. The standard InChI is InChI=1S/C35H51N3O17S/c1-35(2,3)34(47)53-19-21-8-9-23(17-24(21)54-33-30(44)28(42)29(43)31(55-33)32(45)46)52-16-15-51-14-12-36-18-22(20-56(48,49)50)37-25(39)7-5-4-6-13-38-26(40)10-11-27(38)41/h8-11,17,22,28-31,33,36,42-44H,4-7,12-16,18-20H2,1-3H3,(H,37,39)(H,45,46)(H,48,49,50)/t22-,28-,29-,30+,31-,33+/m0/s1. The third kappa shape index (κ3) is 15.0. The van der Waals surface area contributed by atoms with Crippen molar-refractivity contribution in [3.63, 3.8) is 0 Å². The molecule has 2 heterocycles. The first-order valence-electron chi connectivity index (χ1n) is 17.9. The van der Waals surface area contributed by atoms with E-state index in [0.717, 1.165) is 4.90 Å². The number of amides is 3. The van der Waals surface area contributed by atoms with E-state index in [2.05, 4.69) is 10.6 Å². The van der Waals surface area contributed by atoms with Crippen LogP contribution in [0, 0.1) is 5.41 Å². The Morgan fingerprint density at radius 1 is 0.964 bits per heavy atom. The zero-order valence-electron chi connectivity index (χ0n) is 31.3. The lowest BCUT2D eigenvalue weighted by atomic mass is 9.97. The number of carbonyl (C=O) groups excluding carboxylic acids is 4. The van der Waals surface area contributed by atoms with E-state index < -0.39 is 75.9 Å². The molecule has 314 valence electrons. The summed E-state index contributed by atoms with van der Waals surface area (Å²) in [7, 11) is -4.41. The zero-order valence-corrected chi connectivity index (χ0v) is 32.1. The average molecular weight is 818 g/mol. The number of aliphatic carboxylic acids is 1. The van der Waals surface area contributed by atoms with Crippen LogP contribution >= 0.6 is 0 Å². The molecule has 1 aromatic rings. The number of nitrogens with one attached hydrogen (secondary N) is 2. The first kappa shape index (κ1) is 46.2. The Balaban J connectivity index is 1.45. The van der Waals surface area contributed by atoms with E-state index in [4.69, 9.17) is 23.7 Å². The van der Waals surface area contributed by atoms with Crippen LogP contribution in [0.3, 0.4) is 0 Å². The molecule has 1 fully saturated rings. The zero-order chi connectivity index (χ0) is 41.6. The lowest BCUT2D eigenvalue weighted by Gasteiger charge is -2.38. The summed E-state index contributed by atoms with van der Waals surface area (Å²) >= 11 is 0. The van der Waals surface area contributed by atoms with Gasteiger partial charge in [0.1, 0.15) is 43.0 Å².